The number of ether oxygens (including phenoxy) is 5. The zero-order valence-electron chi connectivity index (χ0n) is 33.6. The third-order valence-corrected chi connectivity index (χ3v) is 12.9. The van der Waals surface area contributed by atoms with Crippen LogP contribution in [0.25, 0.3) is 0 Å². The molecular weight excluding hydrogens is 697 g/mol. The molecule has 3 saturated heterocycles. The van der Waals surface area contributed by atoms with Crippen LogP contribution in [0.15, 0.2) is 23.3 Å². The van der Waals surface area contributed by atoms with Crippen LogP contribution in [0.3, 0.4) is 0 Å². The van der Waals surface area contributed by atoms with Gasteiger partial charge in [-0.05, 0) is 107 Å². The fourth-order valence-corrected chi connectivity index (χ4v) is 9.34. The third kappa shape index (κ3) is 9.36. The van der Waals surface area contributed by atoms with Crippen LogP contribution in [0.4, 0.5) is 4.39 Å². The number of alkyl halides is 1. The number of piperidine rings is 1. The predicted octanol–water partition coefficient (Wildman–Crippen LogP) is 5.84. The van der Waals surface area contributed by atoms with Gasteiger partial charge in [0.2, 0.25) is 5.79 Å². The Bertz CT molecular complexity index is 1430. The Balaban J connectivity index is 1.51. The van der Waals surface area contributed by atoms with Crippen molar-refractivity contribution in [3.05, 3.63) is 23.3 Å². The molecule has 0 aromatic heterocycles. The summed E-state index contributed by atoms with van der Waals surface area (Å²) >= 11 is 0. The number of aliphatic hydroxyl groups is 1. The molecule has 0 aromatic rings. The number of fused-ring (bicyclic) bond motifs is 4. The number of carbonyl (C=O) groups is 4. The zero-order valence-corrected chi connectivity index (χ0v) is 33.6. The van der Waals surface area contributed by atoms with Gasteiger partial charge in [0.1, 0.15) is 30.2 Å². The summed E-state index contributed by atoms with van der Waals surface area (Å²) in [4.78, 5) is 57.4. The molecule has 5 aliphatic rings. The van der Waals surface area contributed by atoms with E-state index in [9.17, 15) is 24.3 Å². The molecular formula is C42H64FNO10. The van der Waals surface area contributed by atoms with E-state index >= 15 is 4.39 Å². The highest BCUT2D eigenvalue weighted by molar-refractivity contribution is 6.39. The van der Waals surface area contributed by atoms with Gasteiger partial charge in [0.25, 0.3) is 11.7 Å². The SMILES string of the molecule is CCC1/C=C(\C)C(F)C(C)CC(OC)C2OC(O)(C(=O)C(=O)N3CCCCC3C(=O)OC(C(C)=CC3CC[C@H]4O[C@H]4C3)C(C)CCC1=O)C(C)CC2OC. The molecule has 2 bridgehead atoms. The number of epoxide rings is 1. The Morgan fingerprint density at radius 1 is 0.981 bits per heavy atom. The summed E-state index contributed by atoms with van der Waals surface area (Å²) in [5.74, 6) is -7.27. The number of hydrogen-bond donors (Lipinski definition) is 1. The van der Waals surface area contributed by atoms with Crippen molar-refractivity contribution in [2.45, 2.75) is 167 Å². The van der Waals surface area contributed by atoms with Crippen molar-refractivity contribution in [2.24, 2.45) is 29.6 Å². The van der Waals surface area contributed by atoms with E-state index < -0.39 is 77.8 Å². The molecule has 1 saturated carbocycles. The first-order valence-corrected chi connectivity index (χ1v) is 20.3. The van der Waals surface area contributed by atoms with Crippen LogP contribution >= 0.6 is 0 Å². The standard InChI is InChI=1S/C42H64FNO10/c1-9-29-19-24(3)36(43)25(4)20-34(50-7)38-35(51-8)21-27(6)42(49,54-38)39(46)40(47)44-17-11-10-12-30(44)41(48)53-37(23(2)13-15-31(29)45)26(5)18-28-14-16-32-33(22-28)52-32/h18-19,23,25,27-30,32-38,49H,9-17,20-22H2,1-8H3/b24-19+,26-18?/t23?,25?,27?,28?,29?,30?,32-,33+,34?,35?,36?,37?,38?,42?/m1/s1. The monoisotopic (exact) mass is 761 g/mol. The van der Waals surface area contributed by atoms with Gasteiger partial charge in [-0.1, -0.05) is 39.8 Å². The average Bonchev–Trinajstić information content (AvgIpc) is 3.95. The minimum atomic E-state index is -2.54. The van der Waals surface area contributed by atoms with E-state index in [4.69, 9.17) is 23.7 Å². The Labute approximate surface area is 320 Å². The van der Waals surface area contributed by atoms with Gasteiger partial charge >= 0.3 is 5.97 Å². The first kappa shape index (κ1) is 42.6. The number of cyclic esters (lactones) is 1. The number of carbonyl (C=O) groups excluding carboxylic acids is 4. The van der Waals surface area contributed by atoms with Crippen molar-refractivity contribution in [1.82, 2.24) is 4.90 Å². The molecule has 11 nitrogen and oxygen atoms in total. The van der Waals surface area contributed by atoms with Crippen LogP contribution < -0.4 is 0 Å². The molecule has 1 N–H and O–H groups in total. The van der Waals surface area contributed by atoms with Crippen molar-refractivity contribution in [2.75, 3.05) is 20.8 Å². The molecule has 14 atom stereocenters. The van der Waals surface area contributed by atoms with Crippen molar-refractivity contribution < 1.29 is 52.4 Å². The van der Waals surface area contributed by atoms with Crippen LogP contribution in [0, 0.1) is 29.6 Å². The molecule has 12 unspecified atom stereocenters. The summed E-state index contributed by atoms with van der Waals surface area (Å²) in [6.45, 7) is 11.0. The van der Waals surface area contributed by atoms with E-state index in [0.29, 0.717) is 43.8 Å². The second-order valence-electron chi connectivity index (χ2n) is 16.9. The summed E-state index contributed by atoms with van der Waals surface area (Å²) in [5, 5.41) is 12.0. The minimum Gasteiger partial charge on any atom is -0.456 e. The first-order valence-electron chi connectivity index (χ1n) is 20.3. The van der Waals surface area contributed by atoms with Crippen molar-refractivity contribution in [3.63, 3.8) is 0 Å². The maximum atomic E-state index is 16.1. The predicted molar refractivity (Wildman–Crippen MR) is 199 cm³/mol. The fourth-order valence-electron chi connectivity index (χ4n) is 9.34. The maximum absolute atomic E-state index is 16.1. The number of rotatable bonds is 5. The van der Waals surface area contributed by atoms with Gasteiger partial charge in [0.15, 0.2) is 0 Å². The number of halogens is 1. The number of ketones is 2. The molecule has 1 aliphatic carbocycles. The lowest BCUT2D eigenvalue weighted by molar-refractivity contribution is -0.302. The topological polar surface area (TPSA) is 141 Å². The number of amides is 1. The molecule has 4 fully saturated rings. The Morgan fingerprint density at radius 3 is 2.35 bits per heavy atom. The van der Waals surface area contributed by atoms with Gasteiger partial charge in [0.05, 0.1) is 24.4 Å². The first-order chi connectivity index (χ1) is 25.6. The Morgan fingerprint density at radius 2 is 1.69 bits per heavy atom. The molecule has 0 spiro atoms. The molecule has 4 heterocycles. The van der Waals surface area contributed by atoms with E-state index in [1.165, 1.54) is 19.1 Å². The van der Waals surface area contributed by atoms with E-state index in [0.717, 1.165) is 24.8 Å². The van der Waals surface area contributed by atoms with Gasteiger partial charge in [-0.2, -0.15) is 0 Å². The highest BCUT2D eigenvalue weighted by Crippen LogP contribution is 2.42. The second-order valence-corrected chi connectivity index (χ2v) is 16.9. The molecule has 1 amide bonds. The van der Waals surface area contributed by atoms with Crippen LogP contribution in [0.1, 0.15) is 112 Å². The van der Waals surface area contributed by atoms with Crippen LogP contribution in [0.5, 0.6) is 0 Å². The van der Waals surface area contributed by atoms with E-state index in [-0.39, 0.29) is 49.5 Å². The number of Topliss-reactive ketones (excluding diaryl/α,β-unsaturated/α-hetero) is 2. The second kappa shape index (κ2) is 18.2. The average molecular weight is 762 g/mol. The lowest BCUT2D eigenvalue weighted by Gasteiger charge is -2.47. The Hall–Kier alpha value is -2.51. The van der Waals surface area contributed by atoms with Gasteiger partial charge < -0.3 is 33.7 Å². The number of hydrogen-bond acceptors (Lipinski definition) is 10. The zero-order chi connectivity index (χ0) is 39.5. The van der Waals surface area contributed by atoms with Crippen molar-refractivity contribution in [1.29, 1.82) is 0 Å². The smallest absolute Gasteiger partial charge is 0.329 e. The van der Waals surface area contributed by atoms with Gasteiger partial charge in [-0.3, -0.25) is 14.4 Å². The molecule has 4 aliphatic heterocycles. The lowest BCUT2D eigenvalue weighted by atomic mass is 9.81. The quantitative estimate of drug-likeness (QED) is 0.157. The van der Waals surface area contributed by atoms with Crippen molar-refractivity contribution in [3.8, 4) is 0 Å². The molecule has 54 heavy (non-hydrogen) atoms. The van der Waals surface area contributed by atoms with Crippen molar-refractivity contribution >= 4 is 23.4 Å². The molecule has 12 heteroatoms. The largest absolute Gasteiger partial charge is 0.456 e. The van der Waals surface area contributed by atoms with Gasteiger partial charge in [0, 0.05) is 39.0 Å². The van der Waals surface area contributed by atoms with Gasteiger partial charge in [-0.15, -0.1) is 0 Å². The summed E-state index contributed by atoms with van der Waals surface area (Å²) in [6, 6.07) is -1.04. The summed E-state index contributed by atoms with van der Waals surface area (Å²) in [7, 11) is 2.93. The van der Waals surface area contributed by atoms with Crippen LogP contribution in [-0.4, -0.2) is 109 Å². The summed E-state index contributed by atoms with van der Waals surface area (Å²) < 4.78 is 45.9. The summed E-state index contributed by atoms with van der Waals surface area (Å²) in [5.41, 5.74) is 1.31. The maximum Gasteiger partial charge on any atom is 0.329 e. The fraction of sp³-hybridized carbons (Fsp3) is 0.810. The molecule has 304 valence electrons. The van der Waals surface area contributed by atoms with Crippen LogP contribution in [-0.2, 0) is 42.9 Å². The molecule has 0 radical (unpaired) electrons. The normalized spacial score (nSPS) is 43.2. The molecule has 5 rings (SSSR count). The van der Waals surface area contributed by atoms with Gasteiger partial charge in [-0.25, -0.2) is 9.18 Å². The Kier molecular flexibility index (Phi) is 14.3. The van der Waals surface area contributed by atoms with E-state index in [2.05, 4.69) is 6.08 Å². The highest BCUT2D eigenvalue weighted by atomic mass is 19.1. The number of methoxy groups -OCH3 is 2. The minimum absolute atomic E-state index is 0.00496. The molecule has 0 aromatic carbocycles. The lowest BCUT2D eigenvalue weighted by Crippen LogP contribution is -2.64. The van der Waals surface area contributed by atoms with Crippen LogP contribution in [0.2, 0.25) is 0 Å². The summed E-state index contributed by atoms with van der Waals surface area (Å²) in [6.07, 6.45) is 5.82. The van der Waals surface area contributed by atoms with E-state index in [1.54, 1.807) is 26.8 Å². The van der Waals surface area contributed by atoms with E-state index in [1.807, 2.05) is 20.8 Å². The number of nitrogens with zero attached hydrogens (tertiary/aromatic N) is 1. The highest BCUT2D eigenvalue weighted by Gasteiger charge is 2.57. The number of allylic oxidation sites excluding steroid dienone is 3. The number of esters is 1. The third-order valence-electron chi connectivity index (χ3n) is 12.9.